The fraction of sp³-hybridized carbons (Fsp3) is 0.579. The number of benzene rings is 1. The van der Waals surface area contributed by atoms with Gasteiger partial charge in [-0.2, -0.15) is 0 Å². The van der Waals surface area contributed by atoms with E-state index in [1.807, 2.05) is 24.3 Å². The molecule has 4 heteroatoms. The van der Waals surface area contributed by atoms with Crippen LogP contribution in [-0.4, -0.2) is 24.6 Å². The van der Waals surface area contributed by atoms with Crippen LogP contribution in [0.2, 0.25) is 0 Å². The molecule has 1 saturated carbocycles. The van der Waals surface area contributed by atoms with E-state index in [0.717, 1.165) is 18.4 Å². The van der Waals surface area contributed by atoms with E-state index in [1.165, 1.54) is 24.8 Å². The van der Waals surface area contributed by atoms with E-state index >= 15 is 0 Å². The molecule has 0 bridgehead atoms. The fourth-order valence-electron chi connectivity index (χ4n) is 3.15. The van der Waals surface area contributed by atoms with E-state index in [4.69, 9.17) is 4.74 Å². The van der Waals surface area contributed by atoms with Crippen LogP contribution >= 0.6 is 0 Å². The quantitative estimate of drug-likeness (QED) is 0.730. The maximum absolute atomic E-state index is 11.3. The van der Waals surface area contributed by atoms with Crippen LogP contribution in [0.25, 0.3) is 0 Å². The Morgan fingerprint density at radius 2 is 1.87 bits per heavy atom. The highest BCUT2D eigenvalue weighted by Crippen LogP contribution is 2.31. The van der Waals surface area contributed by atoms with Gasteiger partial charge >= 0.3 is 6.16 Å². The molecular formula is C19H26O4. The minimum absolute atomic E-state index is 0.109. The van der Waals surface area contributed by atoms with Crippen molar-refractivity contribution < 1.29 is 19.1 Å². The Morgan fingerprint density at radius 3 is 2.52 bits per heavy atom. The molecule has 1 aromatic rings. The van der Waals surface area contributed by atoms with Crippen LogP contribution in [-0.2, 0) is 9.47 Å². The van der Waals surface area contributed by atoms with Gasteiger partial charge < -0.3 is 9.47 Å². The third-order valence-corrected chi connectivity index (χ3v) is 4.36. The second-order valence-corrected chi connectivity index (χ2v) is 6.18. The topological polar surface area (TPSA) is 52.6 Å². The van der Waals surface area contributed by atoms with Gasteiger partial charge in [0, 0.05) is 12.0 Å². The monoisotopic (exact) mass is 318 g/mol. The molecule has 0 radical (unpaired) electrons. The van der Waals surface area contributed by atoms with Gasteiger partial charge in [-0.25, -0.2) is 4.79 Å². The van der Waals surface area contributed by atoms with Crippen molar-refractivity contribution in [1.82, 2.24) is 0 Å². The summed E-state index contributed by atoms with van der Waals surface area (Å²) in [5.74, 6) is 0.729. The molecule has 1 fully saturated rings. The zero-order valence-corrected chi connectivity index (χ0v) is 14.0. The Labute approximate surface area is 138 Å². The molecule has 0 N–H and O–H groups in total. The number of hydrogen-bond donors (Lipinski definition) is 0. The van der Waals surface area contributed by atoms with Gasteiger partial charge in [-0.05, 0) is 44.1 Å². The standard InChI is InChI=1S/C10H10O.C9H16O3/c1-7-6-10(11)9-5-3-2-4-8(7)9;1-2-11-9(10)12-8-6-4-3-5-7-8/h2-5,7H,6H2,1H3;8H,2-7H2,1H3. The number of carbonyl (C=O) groups is 2. The molecule has 23 heavy (non-hydrogen) atoms. The minimum atomic E-state index is -0.510. The number of fused-ring (bicyclic) bond motifs is 1. The van der Waals surface area contributed by atoms with Crippen molar-refractivity contribution in [2.75, 3.05) is 6.61 Å². The first-order valence-corrected chi connectivity index (χ1v) is 8.57. The Morgan fingerprint density at radius 1 is 1.17 bits per heavy atom. The molecule has 0 saturated heterocycles. The smallest absolute Gasteiger partial charge is 0.435 e. The number of ether oxygens (including phenoxy) is 2. The van der Waals surface area contributed by atoms with Crippen molar-refractivity contribution in [1.29, 1.82) is 0 Å². The number of Topliss-reactive ketones (excluding diaryl/α,β-unsaturated/α-hetero) is 1. The van der Waals surface area contributed by atoms with Gasteiger partial charge in [-0.3, -0.25) is 4.79 Å². The van der Waals surface area contributed by atoms with Crippen molar-refractivity contribution in [3.8, 4) is 0 Å². The molecule has 2 aliphatic carbocycles. The molecule has 0 heterocycles. The van der Waals surface area contributed by atoms with Gasteiger partial charge in [-0.15, -0.1) is 0 Å². The molecule has 0 aliphatic heterocycles. The van der Waals surface area contributed by atoms with Crippen LogP contribution in [0.3, 0.4) is 0 Å². The van der Waals surface area contributed by atoms with Crippen LogP contribution in [0.5, 0.6) is 0 Å². The molecule has 126 valence electrons. The highest BCUT2D eigenvalue weighted by molar-refractivity contribution is 6.01. The van der Waals surface area contributed by atoms with E-state index in [1.54, 1.807) is 6.92 Å². The molecular weight excluding hydrogens is 292 g/mol. The maximum Gasteiger partial charge on any atom is 0.508 e. The summed E-state index contributed by atoms with van der Waals surface area (Å²) in [6.45, 7) is 4.28. The molecule has 0 amide bonds. The van der Waals surface area contributed by atoms with Crippen LogP contribution in [0, 0.1) is 0 Å². The summed E-state index contributed by atoms with van der Waals surface area (Å²) >= 11 is 0. The molecule has 4 nitrogen and oxygen atoms in total. The van der Waals surface area contributed by atoms with Crippen molar-refractivity contribution in [2.45, 2.75) is 64.4 Å². The first kappa shape index (κ1) is 17.5. The molecule has 3 rings (SSSR count). The second kappa shape index (κ2) is 8.70. The number of hydrogen-bond acceptors (Lipinski definition) is 4. The van der Waals surface area contributed by atoms with Crippen LogP contribution < -0.4 is 0 Å². The highest BCUT2D eigenvalue weighted by atomic mass is 16.7. The lowest BCUT2D eigenvalue weighted by Crippen LogP contribution is -2.21. The van der Waals surface area contributed by atoms with Crippen molar-refractivity contribution >= 4 is 11.9 Å². The molecule has 1 aromatic carbocycles. The van der Waals surface area contributed by atoms with Gasteiger partial charge in [0.05, 0.1) is 6.61 Å². The van der Waals surface area contributed by atoms with Gasteiger partial charge in [0.15, 0.2) is 5.78 Å². The maximum atomic E-state index is 11.3. The lowest BCUT2D eigenvalue weighted by atomic mass is 9.98. The SMILES string of the molecule is CC1CC(=O)c2ccccc21.CCOC(=O)OC1CCCCC1. The summed E-state index contributed by atoms with van der Waals surface area (Å²) in [6.07, 6.45) is 5.90. The zero-order valence-electron chi connectivity index (χ0n) is 14.0. The summed E-state index contributed by atoms with van der Waals surface area (Å²) in [6, 6.07) is 7.88. The molecule has 0 aromatic heterocycles. The predicted molar refractivity (Wildman–Crippen MR) is 88.8 cm³/mol. The van der Waals surface area contributed by atoms with E-state index in [9.17, 15) is 9.59 Å². The van der Waals surface area contributed by atoms with Crippen LogP contribution in [0.1, 0.15) is 74.2 Å². The number of carbonyl (C=O) groups excluding carboxylic acids is 2. The molecule has 1 unspecified atom stereocenters. The first-order chi connectivity index (χ1) is 11.1. The number of rotatable bonds is 2. The Bertz CT molecular complexity index is 532. The van der Waals surface area contributed by atoms with E-state index < -0.39 is 6.16 Å². The second-order valence-electron chi connectivity index (χ2n) is 6.18. The summed E-state index contributed by atoms with van der Waals surface area (Å²) in [5.41, 5.74) is 2.15. The Kier molecular flexibility index (Phi) is 6.63. The Balaban J connectivity index is 0.000000167. The van der Waals surface area contributed by atoms with Gasteiger partial charge in [0.25, 0.3) is 0 Å². The summed E-state index contributed by atoms with van der Waals surface area (Å²) in [7, 11) is 0. The lowest BCUT2D eigenvalue weighted by molar-refractivity contribution is 0.0138. The molecule has 2 aliphatic rings. The zero-order chi connectivity index (χ0) is 16.7. The lowest BCUT2D eigenvalue weighted by Gasteiger charge is -2.20. The Hall–Kier alpha value is -1.84. The van der Waals surface area contributed by atoms with E-state index in [2.05, 4.69) is 11.7 Å². The predicted octanol–water partition coefficient (Wildman–Crippen LogP) is 4.87. The average Bonchev–Trinajstić information content (AvgIpc) is 2.84. The third kappa shape index (κ3) is 5.08. The normalized spacial score (nSPS) is 20.3. The van der Waals surface area contributed by atoms with Crippen molar-refractivity contribution in [3.63, 3.8) is 0 Å². The molecule has 0 spiro atoms. The molecule has 1 atom stereocenters. The number of ketones is 1. The summed E-state index contributed by atoms with van der Waals surface area (Å²) in [4.78, 5) is 22.1. The summed E-state index contributed by atoms with van der Waals surface area (Å²) < 4.78 is 9.75. The van der Waals surface area contributed by atoms with Crippen molar-refractivity contribution in [3.05, 3.63) is 35.4 Å². The summed E-state index contributed by atoms with van der Waals surface area (Å²) in [5, 5.41) is 0. The van der Waals surface area contributed by atoms with Crippen LogP contribution in [0.15, 0.2) is 24.3 Å². The van der Waals surface area contributed by atoms with Gasteiger partial charge in [-0.1, -0.05) is 37.6 Å². The average molecular weight is 318 g/mol. The third-order valence-electron chi connectivity index (χ3n) is 4.36. The minimum Gasteiger partial charge on any atom is -0.435 e. The van der Waals surface area contributed by atoms with Crippen LogP contribution in [0.4, 0.5) is 4.79 Å². The van der Waals surface area contributed by atoms with E-state index in [0.29, 0.717) is 24.7 Å². The first-order valence-electron chi connectivity index (χ1n) is 8.57. The van der Waals surface area contributed by atoms with Gasteiger partial charge in [0.2, 0.25) is 0 Å². The highest BCUT2D eigenvalue weighted by Gasteiger charge is 2.24. The van der Waals surface area contributed by atoms with Gasteiger partial charge in [0.1, 0.15) is 6.10 Å². The fourth-order valence-corrected chi connectivity index (χ4v) is 3.15. The van der Waals surface area contributed by atoms with E-state index in [-0.39, 0.29) is 6.10 Å². The van der Waals surface area contributed by atoms with Crippen molar-refractivity contribution in [2.24, 2.45) is 0 Å². The largest absolute Gasteiger partial charge is 0.508 e.